The van der Waals surface area contributed by atoms with E-state index in [-0.39, 0.29) is 17.7 Å². The van der Waals surface area contributed by atoms with Crippen molar-refractivity contribution in [2.75, 3.05) is 19.8 Å². The fraction of sp³-hybridized carbons (Fsp3) is 0.700. The predicted octanol–water partition coefficient (Wildman–Crippen LogP) is 0.756. The third kappa shape index (κ3) is 2.64. The molecular formula is C10H17NO2. The Labute approximate surface area is 79.2 Å². The van der Waals surface area contributed by atoms with Gasteiger partial charge in [0.05, 0.1) is 19.1 Å². The molecule has 74 valence electrons. The lowest BCUT2D eigenvalue weighted by Gasteiger charge is -2.15. The van der Waals surface area contributed by atoms with Gasteiger partial charge in [0.25, 0.3) is 0 Å². The van der Waals surface area contributed by atoms with Crippen LogP contribution in [0.25, 0.3) is 0 Å². The fourth-order valence-electron chi connectivity index (χ4n) is 1.63. The summed E-state index contributed by atoms with van der Waals surface area (Å²) in [6.45, 7) is 7.69. The number of allylic oxidation sites excluding steroid dienone is 1. The number of ether oxygens (including phenoxy) is 1. The van der Waals surface area contributed by atoms with Crippen molar-refractivity contribution in [3.8, 4) is 0 Å². The zero-order valence-corrected chi connectivity index (χ0v) is 8.08. The van der Waals surface area contributed by atoms with Gasteiger partial charge in [-0.1, -0.05) is 13.0 Å². The van der Waals surface area contributed by atoms with Gasteiger partial charge in [0.15, 0.2) is 0 Å². The van der Waals surface area contributed by atoms with Gasteiger partial charge in [-0.25, -0.2) is 0 Å². The summed E-state index contributed by atoms with van der Waals surface area (Å²) in [6.07, 6.45) is 2.11. The quantitative estimate of drug-likeness (QED) is 0.639. The van der Waals surface area contributed by atoms with Gasteiger partial charge < -0.3 is 10.1 Å². The summed E-state index contributed by atoms with van der Waals surface area (Å²) in [4.78, 5) is 11.5. The number of carbonyl (C=O) groups excluding carboxylic acids is 1. The Bertz CT molecular complexity index is 191. The first-order valence-corrected chi connectivity index (χ1v) is 4.74. The molecule has 0 radical (unpaired) electrons. The minimum absolute atomic E-state index is 0.0259. The van der Waals surface area contributed by atoms with Crippen molar-refractivity contribution in [3.63, 3.8) is 0 Å². The molecular weight excluding hydrogens is 166 g/mol. The van der Waals surface area contributed by atoms with Crippen LogP contribution in [0.2, 0.25) is 0 Å². The number of nitrogens with one attached hydrogen (secondary N) is 1. The van der Waals surface area contributed by atoms with Gasteiger partial charge in [0.1, 0.15) is 5.78 Å². The molecule has 0 aromatic carbocycles. The molecule has 0 aliphatic carbocycles. The Balaban J connectivity index is 2.46. The second-order valence-electron chi connectivity index (χ2n) is 3.27. The van der Waals surface area contributed by atoms with Crippen LogP contribution in [0.4, 0.5) is 0 Å². The molecule has 1 rings (SSSR count). The highest BCUT2D eigenvalue weighted by molar-refractivity contribution is 5.83. The molecule has 0 amide bonds. The van der Waals surface area contributed by atoms with Crippen molar-refractivity contribution in [2.24, 2.45) is 5.92 Å². The molecule has 13 heavy (non-hydrogen) atoms. The van der Waals surface area contributed by atoms with Crippen LogP contribution in [-0.4, -0.2) is 31.6 Å². The molecule has 2 atom stereocenters. The standard InChI is InChI=1S/C10H17NO2/c1-3-5-10(12)8-6-13-7-9(8)11-4-2/h3,8-9,11H,1,4-7H2,2H3. The van der Waals surface area contributed by atoms with E-state index in [1.807, 2.05) is 6.92 Å². The smallest absolute Gasteiger partial charge is 0.143 e. The average Bonchev–Trinajstić information content (AvgIpc) is 2.54. The van der Waals surface area contributed by atoms with Crippen LogP contribution in [-0.2, 0) is 9.53 Å². The van der Waals surface area contributed by atoms with Crippen LogP contribution in [0.3, 0.4) is 0 Å². The molecule has 0 aromatic heterocycles. The molecule has 0 spiro atoms. The van der Waals surface area contributed by atoms with Crippen LogP contribution in [0.5, 0.6) is 0 Å². The molecule has 1 aliphatic rings. The third-order valence-electron chi connectivity index (χ3n) is 2.31. The van der Waals surface area contributed by atoms with E-state index in [9.17, 15) is 4.79 Å². The molecule has 1 aliphatic heterocycles. The Morgan fingerprint density at radius 3 is 3.08 bits per heavy atom. The van der Waals surface area contributed by atoms with Crippen molar-refractivity contribution in [2.45, 2.75) is 19.4 Å². The van der Waals surface area contributed by atoms with Gasteiger partial charge in [-0.05, 0) is 6.54 Å². The summed E-state index contributed by atoms with van der Waals surface area (Å²) in [5.74, 6) is 0.261. The SMILES string of the molecule is C=CCC(=O)C1COCC1NCC. The van der Waals surface area contributed by atoms with Gasteiger partial charge in [0.2, 0.25) is 0 Å². The van der Waals surface area contributed by atoms with Gasteiger partial charge in [0, 0.05) is 12.5 Å². The zero-order valence-electron chi connectivity index (χ0n) is 8.08. The number of ketones is 1. The van der Waals surface area contributed by atoms with Crippen LogP contribution < -0.4 is 5.32 Å². The van der Waals surface area contributed by atoms with E-state index < -0.39 is 0 Å². The number of hydrogen-bond donors (Lipinski definition) is 1. The molecule has 3 heteroatoms. The molecule has 1 heterocycles. The zero-order chi connectivity index (χ0) is 9.68. The van der Waals surface area contributed by atoms with Crippen molar-refractivity contribution in [1.82, 2.24) is 5.32 Å². The summed E-state index contributed by atoms with van der Waals surface area (Å²) < 4.78 is 5.27. The van der Waals surface area contributed by atoms with Crippen molar-refractivity contribution in [1.29, 1.82) is 0 Å². The Morgan fingerprint density at radius 2 is 2.46 bits per heavy atom. The summed E-state index contributed by atoms with van der Waals surface area (Å²) in [5.41, 5.74) is 0. The first kappa shape index (κ1) is 10.4. The van der Waals surface area contributed by atoms with E-state index in [4.69, 9.17) is 4.74 Å². The van der Waals surface area contributed by atoms with Gasteiger partial charge >= 0.3 is 0 Å². The second kappa shape index (κ2) is 5.14. The van der Waals surface area contributed by atoms with Crippen LogP contribution in [0.15, 0.2) is 12.7 Å². The van der Waals surface area contributed by atoms with Crippen LogP contribution >= 0.6 is 0 Å². The normalized spacial score (nSPS) is 27.5. The van der Waals surface area contributed by atoms with E-state index in [1.54, 1.807) is 6.08 Å². The topological polar surface area (TPSA) is 38.3 Å². The lowest BCUT2D eigenvalue weighted by molar-refractivity contribution is -0.122. The maximum atomic E-state index is 11.5. The fourth-order valence-corrected chi connectivity index (χ4v) is 1.63. The monoisotopic (exact) mass is 183 g/mol. The second-order valence-corrected chi connectivity index (χ2v) is 3.27. The maximum Gasteiger partial charge on any atom is 0.143 e. The molecule has 1 saturated heterocycles. The van der Waals surface area contributed by atoms with E-state index in [1.165, 1.54) is 0 Å². The van der Waals surface area contributed by atoms with E-state index >= 15 is 0 Å². The first-order chi connectivity index (χ1) is 6.29. The number of Topliss-reactive ketones (excluding diaryl/α,β-unsaturated/α-hetero) is 1. The molecule has 0 saturated carbocycles. The highest BCUT2D eigenvalue weighted by Crippen LogP contribution is 2.16. The molecule has 2 unspecified atom stereocenters. The Morgan fingerprint density at radius 1 is 1.69 bits per heavy atom. The molecule has 0 aromatic rings. The predicted molar refractivity (Wildman–Crippen MR) is 51.6 cm³/mol. The van der Waals surface area contributed by atoms with Crippen molar-refractivity contribution in [3.05, 3.63) is 12.7 Å². The lowest BCUT2D eigenvalue weighted by atomic mass is 9.96. The number of hydrogen-bond acceptors (Lipinski definition) is 3. The van der Waals surface area contributed by atoms with E-state index in [2.05, 4.69) is 11.9 Å². The minimum atomic E-state index is 0.0259. The molecule has 1 N–H and O–H groups in total. The highest BCUT2D eigenvalue weighted by Gasteiger charge is 2.32. The lowest BCUT2D eigenvalue weighted by Crippen LogP contribution is -2.38. The molecule has 3 nitrogen and oxygen atoms in total. The summed E-state index contributed by atoms with van der Waals surface area (Å²) >= 11 is 0. The minimum Gasteiger partial charge on any atom is -0.379 e. The summed E-state index contributed by atoms with van der Waals surface area (Å²) in [6, 6.07) is 0.206. The van der Waals surface area contributed by atoms with Gasteiger partial charge in [-0.3, -0.25) is 4.79 Å². The highest BCUT2D eigenvalue weighted by atomic mass is 16.5. The summed E-state index contributed by atoms with van der Waals surface area (Å²) in [7, 11) is 0. The number of carbonyl (C=O) groups is 1. The first-order valence-electron chi connectivity index (χ1n) is 4.74. The molecule has 0 bridgehead atoms. The van der Waals surface area contributed by atoms with E-state index in [0.29, 0.717) is 19.6 Å². The van der Waals surface area contributed by atoms with Crippen LogP contribution in [0, 0.1) is 5.92 Å². The van der Waals surface area contributed by atoms with Crippen molar-refractivity contribution >= 4 is 5.78 Å². The Hall–Kier alpha value is -0.670. The summed E-state index contributed by atoms with van der Waals surface area (Å²) in [5, 5.41) is 3.25. The number of rotatable bonds is 5. The van der Waals surface area contributed by atoms with Crippen molar-refractivity contribution < 1.29 is 9.53 Å². The maximum absolute atomic E-state index is 11.5. The van der Waals surface area contributed by atoms with Gasteiger partial charge in [-0.15, -0.1) is 6.58 Å². The Kier molecular flexibility index (Phi) is 4.12. The average molecular weight is 183 g/mol. The van der Waals surface area contributed by atoms with E-state index in [0.717, 1.165) is 6.54 Å². The van der Waals surface area contributed by atoms with Gasteiger partial charge in [-0.2, -0.15) is 0 Å². The molecule has 1 fully saturated rings. The number of likely N-dealkylation sites (N-methyl/N-ethyl adjacent to an activating group) is 1. The van der Waals surface area contributed by atoms with Crippen LogP contribution in [0.1, 0.15) is 13.3 Å². The third-order valence-corrected chi connectivity index (χ3v) is 2.31. The largest absolute Gasteiger partial charge is 0.379 e.